The second-order valence-electron chi connectivity index (χ2n) is 7.02. The predicted molar refractivity (Wildman–Crippen MR) is 112 cm³/mol. The Bertz CT molecular complexity index is 1270. The van der Waals surface area contributed by atoms with Crippen LogP contribution in [-0.2, 0) is 4.79 Å². The van der Waals surface area contributed by atoms with Crippen LogP contribution in [0.5, 0.6) is 0 Å². The molecule has 3 heterocycles. The molecule has 0 fully saturated rings. The van der Waals surface area contributed by atoms with Gasteiger partial charge in [-0.05, 0) is 44.5 Å². The summed E-state index contributed by atoms with van der Waals surface area (Å²) in [6.45, 7) is 5.44. The summed E-state index contributed by atoms with van der Waals surface area (Å²) >= 11 is 0. The number of aryl methyl sites for hydroxylation is 2. The van der Waals surface area contributed by atoms with Crippen molar-refractivity contribution in [2.45, 2.75) is 26.8 Å². The third-order valence-corrected chi connectivity index (χ3v) is 4.84. The standard InChI is InChI=1S/C22H21N5O2/c1-14-7-6-12-26-13-19(23-21(14)26)17-8-4-5-9-18(17)24-22(29)16(3)27-20(28)11-10-15(2)25-27/h4-13,16H,1-3H3,(H,24,29)/t16-/m1/s1. The van der Waals surface area contributed by atoms with E-state index < -0.39 is 6.04 Å². The molecule has 1 N–H and O–H groups in total. The molecule has 0 unspecified atom stereocenters. The molecule has 0 saturated carbocycles. The minimum Gasteiger partial charge on any atom is -0.324 e. The molecule has 146 valence electrons. The summed E-state index contributed by atoms with van der Waals surface area (Å²) in [5.41, 5.74) is 4.49. The highest BCUT2D eigenvalue weighted by Gasteiger charge is 2.19. The van der Waals surface area contributed by atoms with Gasteiger partial charge in [-0.3, -0.25) is 9.59 Å². The van der Waals surface area contributed by atoms with Crippen LogP contribution < -0.4 is 10.9 Å². The molecule has 1 aromatic carbocycles. The number of nitrogens with zero attached hydrogens (tertiary/aromatic N) is 4. The second kappa shape index (κ2) is 7.35. The zero-order valence-corrected chi connectivity index (χ0v) is 16.5. The summed E-state index contributed by atoms with van der Waals surface area (Å²) in [6.07, 6.45) is 3.88. The fourth-order valence-corrected chi connectivity index (χ4v) is 3.25. The number of carbonyl (C=O) groups excluding carboxylic acids is 1. The van der Waals surface area contributed by atoms with E-state index in [0.29, 0.717) is 11.4 Å². The first kappa shape index (κ1) is 18.6. The molecule has 1 amide bonds. The number of anilines is 1. The lowest BCUT2D eigenvalue weighted by Crippen LogP contribution is -2.33. The number of carbonyl (C=O) groups is 1. The zero-order chi connectivity index (χ0) is 20.5. The predicted octanol–water partition coefficient (Wildman–Crippen LogP) is 3.37. The van der Waals surface area contributed by atoms with Crippen LogP contribution in [0, 0.1) is 13.8 Å². The molecule has 1 atom stereocenters. The summed E-state index contributed by atoms with van der Waals surface area (Å²) in [5.74, 6) is -0.322. The molecule has 0 aliphatic heterocycles. The number of pyridine rings is 1. The van der Waals surface area contributed by atoms with Crippen LogP contribution in [0.3, 0.4) is 0 Å². The number of rotatable bonds is 4. The number of hydrogen-bond acceptors (Lipinski definition) is 4. The number of aromatic nitrogens is 4. The van der Waals surface area contributed by atoms with Gasteiger partial charge in [0, 0.05) is 24.0 Å². The maximum atomic E-state index is 12.8. The molecule has 4 aromatic rings. The summed E-state index contributed by atoms with van der Waals surface area (Å²) in [7, 11) is 0. The van der Waals surface area contributed by atoms with Crippen LogP contribution in [0.2, 0.25) is 0 Å². The Morgan fingerprint density at radius 3 is 2.66 bits per heavy atom. The highest BCUT2D eigenvalue weighted by Crippen LogP contribution is 2.28. The summed E-state index contributed by atoms with van der Waals surface area (Å²) in [6, 6.07) is 13.8. The van der Waals surface area contributed by atoms with Crippen molar-refractivity contribution in [1.82, 2.24) is 19.2 Å². The van der Waals surface area contributed by atoms with E-state index in [2.05, 4.69) is 10.4 Å². The molecule has 29 heavy (non-hydrogen) atoms. The van der Waals surface area contributed by atoms with Crippen molar-refractivity contribution in [2.24, 2.45) is 0 Å². The van der Waals surface area contributed by atoms with E-state index in [-0.39, 0.29) is 11.5 Å². The molecule has 0 spiro atoms. The van der Waals surface area contributed by atoms with Crippen LogP contribution >= 0.6 is 0 Å². The van der Waals surface area contributed by atoms with E-state index in [1.165, 1.54) is 10.7 Å². The molecule has 7 nitrogen and oxygen atoms in total. The van der Waals surface area contributed by atoms with Gasteiger partial charge >= 0.3 is 0 Å². The average molecular weight is 387 g/mol. The monoisotopic (exact) mass is 387 g/mol. The number of para-hydroxylation sites is 1. The third-order valence-electron chi connectivity index (χ3n) is 4.84. The van der Waals surface area contributed by atoms with E-state index >= 15 is 0 Å². The second-order valence-corrected chi connectivity index (χ2v) is 7.02. The van der Waals surface area contributed by atoms with Crippen molar-refractivity contribution >= 4 is 17.2 Å². The Morgan fingerprint density at radius 2 is 1.86 bits per heavy atom. The molecule has 4 rings (SSSR count). The van der Waals surface area contributed by atoms with Crippen LogP contribution in [0.25, 0.3) is 16.9 Å². The first-order chi connectivity index (χ1) is 13.9. The zero-order valence-electron chi connectivity index (χ0n) is 16.5. The van der Waals surface area contributed by atoms with Gasteiger partial charge in [-0.2, -0.15) is 5.10 Å². The average Bonchev–Trinajstić information content (AvgIpc) is 3.15. The Balaban J connectivity index is 1.68. The van der Waals surface area contributed by atoms with E-state index in [4.69, 9.17) is 4.98 Å². The number of amides is 1. The number of hydrogen-bond donors (Lipinski definition) is 1. The fraction of sp³-hybridized carbons (Fsp3) is 0.182. The maximum absolute atomic E-state index is 12.8. The molecule has 0 aliphatic rings. The van der Waals surface area contributed by atoms with Crippen LogP contribution in [-0.4, -0.2) is 25.1 Å². The topological polar surface area (TPSA) is 81.3 Å². The molecular formula is C22H21N5O2. The lowest BCUT2D eigenvalue weighted by atomic mass is 10.1. The lowest BCUT2D eigenvalue weighted by Gasteiger charge is -2.15. The van der Waals surface area contributed by atoms with Gasteiger partial charge in [-0.15, -0.1) is 0 Å². The Kier molecular flexibility index (Phi) is 4.72. The van der Waals surface area contributed by atoms with E-state index in [9.17, 15) is 9.59 Å². The van der Waals surface area contributed by atoms with Crippen LogP contribution in [0.15, 0.2) is 65.7 Å². The smallest absolute Gasteiger partial charge is 0.267 e. The highest BCUT2D eigenvalue weighted by atomic mass is 16.2. The maximum Gasteiger partial charge on any atom is 0.267 e. The van der Waals surface area contributed by atoms with Crippen LogP contribution in [0.4, 0.5) is 5.69 Å². The molecule has 0 saturated heterocycles. The normalized spacial score (nSPS) is 12.1. The Labute approximate surface area is 167 Å². The van der Waals surface area contributed by atoms with Gasteiger partial charge < -0.3 is 9.72 Å². The quantitative estimate of drug-likeness (QED) is 0.582. The van der Waals surface area contributed by atoms with Gasteiger partial charge in [0.2, 0.25) is 5.91 Å². The van der Waals surface area contributed by atoms with Gasteiger partial charge in [-0.25, -0.2) is 9.67 Å². The molecule has 0 radical (unpaired) electrons. The number of nitrogens with one attached hydrogen (secondary N) is 1. The number of imidazole rings is 1. The lowest BCUT2D eigenvalue weighted by molar-refractivity contribution is -0.119. The van der Waals surface area contributed by atoms with Crippen molar-refractivity contribution in [3.05, 3.63) is 82.5 Å². The van der Waals surface area contributed by atoms with Crippen LogP contribution in [0.1, 0.15) is 24.2 Å². The van der Waals surface area contributed by atoms with E-state index in [0.717, 1.165) is 22.5 Å². The van der Waals surface area contributed by atoms with E-state index in [1.54, 1.807) is 19.9 Å². The Morgan fingerprint density at radius 1 is 1.07 bits per heavy atom. The van der Waals surface area contributed by atoms with Crippen molar-refractivity contribution < 1.29 is 4.79 Å². The summed E-state index contributed by atoms with van der Waals surface area (Å²) in [4.78, 5) is 29.7. The number of fused-ring (bicyclic) bond motifs is 1. The SMILES string of the molecule is Cc1ccc(=O)n([C@H](C)C(=O)Nc2ccccc2-c2cn3cccc(C)c3n2)n1. The van der Waals surface area contributed by atoms with Crippen molar-refractivity contribution in [2.75, 3.05) is 5.32 Å². The van der Waals surface area contributed by atoms with Gasteiger partial charge in [0.1, 0.15) is 11.7 Å². The first-order valence-corrected chi connectivity index (χ1v) is 9.35. The fourth-order valence-electron chi connectivity index (χ4n) is 3.25. The van der Waals surface area contributed by atoms with Gasteiger partial charge in [0.25, 0.3) is 5.56 Å². The van der Waals surface area contributed by atoms with Gasteiger partial charge in [0.05, 0.1) is 17.1 Å². The number of benzene rings is 1. The molecule has 3 aromatic heterocycles. The van der Waals surface area contributed by atoms with Crippen molar-refractivity contribution in [3.63, 3.8) is 0 Å². The molecular weight excluding hydrogens is 366 g/mol. The van der Waals surface area contributed by atoms with Gasteiger partial charge in [-0.1, -0.05) is 24.3 Å². The van der Waals surface area contributed by atoms with Gasteiger partial charge in [0.15, 0.2) is 0 Å². The third kappa shape index (κ3) is 3.54. The van der Waals surface area contributed by atoms with E-state index in [1.807, 2.05) is 60.1 Å². The largest absolute Gasteiger partial charge is 0.324 e. The minimum atomic E-state index is -0.751. The summed E-state index contributed by atoms with van der Waals surface area (Å²) < 4.78 is 3.16. The molecule has 0 bridgehead atoms. The molecule has 0 aliphatic carbocycles. The summed E-state index contributed by atoms with van der Waals surface area (Å²) in [5, 5.41) is 7.11. The molecule has 7 heteroatoms. The van der Waals surface area contributed by atoms with Crippen molar-refractivity contribution in [1.29, 1.82) is 0 Å². The highest BCUT2D eigenvalue weighted by molar-refractivity contribution is 5.97. The Hall–Kier alpha value is -3.74. The van der Waals surface area contributed by atoms with Crippen molar-refractivity contribution in [3.8, 4) is 11.3 Å². The minimum absolute atomic E-state index is 0.317. The first-order valence-electron chi connectivity index (χ1n) is 9.35.